The lowest BCUT2D eigenvalue weighted by atomic mass is 9.84. The smallest absolute Gasteiger partial charge is 0.270 e. The zero-order chi connectivity index (χ0) is 26.6. The molecule has 0 bridgehead atoms. The Hall–Kier alpha value is -3.31. The summed E-state index contributed by atoms with van der Waals surface area (Å²) in [5, 5.41) is 14.7. The fourth-order valence-corrected chi connectivity index (χ4v) is 5.66. The first-order valence-electron chi connectivity index (χ1n) is 12.2. The fraction of sp³-hybridized carbons (Fsp3) is 0.308. The average molecular weight is 556 g/mol. The fourth-order valence-electron chi connectivity index (χ4n) is 5.09. The zero-order valence-electron chi connectivity index (χ0n) is 20.5. The molecule has 1 saturated heterocycles. The van der Waals surface area contributed by atoms with Crippen LogP contribution < -0.4 is 15.1 Å². The van der Waals surface area contributed by atoms with Gasteiger partial charge >= 0.3 is 0 Å². The van der Waals surface area contributed by atoms with E-state index in [2.05, 4.69) is 25.2 Å². The van der Waals surface area contributed by atoms with Gasteiger partial charge in [-0.1, -0.05) is 35.3 Å². The summed E-state index contributed by atoms with van der Waals surface area (Å²) in [4.78, 5) is 32.2. The van der Waals surface area contributed by atoms with E-state index in [0.717, 1.165) is 0 Å². The van der Waals surface area contributed by atoms with E-state index in [1.165, 1.54) is 17.2 Å². The molecular formula is C26H24Cl2FN7O2. The summed E-state index contributed by atoms with van der Waals surface area (Å²) in [6, 6.07) is 9.63. The molecule has 9 nitrogen and oxygen atoms in total. The largest absolute Gasteiger partial charge is 0.385 e. The molecule has 2 aromatic carbocycles. The van der Waals surface area contributed by atoms with Gasteiger partial charge < -0.3 is 15.3 Å². The highest BCUT2D eigenvalue weighted by molar-refractivity contribution is 6.43. The quantitative estimate of drug-likeness (QED) is 0.491. The second-order valence-corrected chi connectivity index (χ2v) is 10.4. The number of para-hydroxylation sites is 1. The van der Waals surface area contributed by atoms with Crippen molar-refractivity contribution >= 4 is 58.2 Å². The maximum atomic E-state index is 15.1. The lowest BCUT2D eigenvalue weighted by Gasteiger charge is -2.37. The maximum Gasteiger partial charge on any atom is 0.270 e. The molecule has 1 amide bonds. The van der Waals surface area contributed by atoms with Crippen LogP contribution in [0.4, 0.5) is 27.5 Å². The van der Waals surface area contributed by atoms with E-state index in [4.69, 9.17) is 23.2 Å². The van der Waals surface area contributed by atoms with Gasteiger partial charge in [-0.05, 0) is 44.2 Å². The minimum absolute atomic E-state index is 0.192. The Morgan fingerprint density at radius 2 is 1.84 bits per heavy atom. The number of hydrogen-bond donors (Lipinski definition) is 2. The highest BCUT2D eigenvalue weighted by atomic mass is 35.5. The predicted octanol–water partition coefficient (Wildman–Crippen LogP) is 4.42. The third-order valence-corrected chi connectivity index (χ3v) is 7.79. The molecule has 0 atom stereocenters. The molecule has 12 heteroatoms. The van der Waals surface area contributed by atoms with Crippen LogP contribution in [0.2, 0.25) is 10.0 Å². The highest BCUT2D eigenvalue weighted by Gasteiger charge is 2.41. The lowest BCUT2D eigenvalue weighted by Crippen LogP contribution is -2.51. The molecule has 3 aliphatic rings. The number of nitrogens with one attached hydrogen (secondary N) is 1. The third kappa shape index (κ3) is 4.17. The Morgan fingerprint density at radius 3 is 2.55 bits per heavy atom. The number of fused-ring (bicyclic) bond motifs is 3. The van der Waals surface area contributed by atoms with Gasteiger partial charge in [0.15, 0.2) is 5.82 Å². The molecule has 1 fully saturated rings. The maximum absolute atomic E-state index is 15.1. The molecule has 0 spiro atoms. The molecular weight excluding hydrogens is 532 g/mol. The normalized spacial score (nSPS) is 18.8. The second kappa shape index (κ2) is 9.46. The molecule has 38 heavy (non-hydrogen) atoms. The first kappa shape index (κ1) is 25.0. The van der Waals surface area contributed by atoms with Crippen molar-refractivity contribution in [1.29, 1.82) is 0 Å². The van der Waals surface area contributed by atoms with Crippen molar-refractivity contribution in [3.8, 4) is 0 Å². The van der Waals surface area contributed by atoms with Crippen molar-refractivity contribution in [2.24, 2.45) is 4.99 Å². The summed E-state index contributed by atoms with van der Waals surface area (Å²) < 4.78 is 15.1. The molecule has 1 aromatic heterocycles. The summed E-state index contributed by atoms with van der Waals surface area (Å²) in [6.07, 6.45) is 2.35. The number of aliphatic imine (C=N–C) groups is 1. The molecule has 0 radical (unpaired) electrons. The van der Waals surface area contributed by atoms with Crippen molar-refractivity contribution < 1.29 is 14.3 Å². The van der Waals surface area contributed by atoms with Crippen LogP contribution in [0.15, 0.2) is 47.6 Å². The molecule has 2 N–H and O–H groups in total. The summed E-state index contributed by atoms with van der Waals surface area (Å²) in [5.41, 5.74) is 0.119. The van der Waals surface area contributed by atoms with E-state index >= 15 is 4.39 Å². The van der Waals surface area contributed by atoms with Crippen LogP contribution in [0.3, 0.4) is 0 Å². The van der Waals surface area contributed by atoms with E-state index in [9.17, 15) is 9.90 Å². The van der Waals surface area contributed by atoms with Gasteiger partial charge in [-0.2, -0.15) is 4.98 Å². The second-order valence-electron chi connectivity index (χ2n) is 9.63. The van der Waals surface area contributed by atoms with E-state index in [0.29, 0.717) is 72.2 Å². The Bertz CT molecular complexity index is 1460. The van der Waals surface area contributed by atoms with E-state index in [-0.39, 0.29) is 17.1 Å². The molecule has 6 rings (SSSR count). The monoisotopic (exact) mass is 555 g/mol. The molecule has 3 aromatic rings. The van der Waals surface area contributed by atoms with Crippen molar-refractivity contribution in [2.45, 2.75) is 18.4 Å². The topological polar surface area (TPSA) is 97.2 Å². The van der Waals surface area contributed by atoms with Crippen LogP contribution in [-0.4, -0.2) is 65.1 Å². The van der Waals surface area contributed by atoms with Gasteiger partial charge in [-0.25, -0.2) is 14.3 Å². The van der Waals surface area contributed by atoms with Gasteiger partial charge in [-0.15, -0.1) is 0 Å². The van der Waals surface area contributed by atoms with Crippen molar-refractivity contribution in [1.82, 2.24) is 14.9 Å². The summed E-state index contributed by atoms with van der Waals surface area (Å²) in [7, 11) is 1.98. The van der Waals surface area contributed by atoms with E-state index in [1.807, 2.05) is 11.9 Å². The van der Waals surface area contributed by atoms with Crippen LogP contribution >= 0.6 is 23.2 Å². The number of amides is 1. The highest BCUT2D eigenvalue weighted by Crippen LogP contribution is 2.40. The number of hydrogen-bond acceptors (Lipinski definition) is 8. The first-order chi connectivity index (χ1) is 18.2. The van der Waals surface area contributed by atoms with Gasteiger partial charge in [0.2, 0.25) is 11.9 Å². The molecule has 0 aliphatic carbocycles. The number of nitrogens with zero attached hydrogens (tertiary/aromatic N) is 6. The van der Waals surface area contributed by atoms with Crippen LogP contribution in [0.25, 0.3) is 0 Å². The van der Waals surface area contributed by atoms with Crippen LogP contribution in [0.1, 0.15) is 28.8 Å². The van der Waals surface area contributed by atoms with Crippen LogP contribution in [0, 0.1) is 5.82 Å². The first-order valence-corrected chi connectivity index (χ1v) is 13.0. The molecule has 3 aliphatic heterocycles. The number of carbonyl (C=O) groups excluding carboxylic acids is 1. The van der Waals surface area contributed by atoms with Gasteiger partial charge in [0.25, 0.3) is 5.91 Å². The minimum atomic E-state index is -1.19. The van der Waals surface area contributed by atoms with Crippen LogP contribution in [0.5, 0.6) is 0 Å². The third-order valence-electron chi connectivity index (χ3n) is 7.18. The predicted molar refractivity (Wildman–Crippen MR) is 145 cm³/mol. The molecule has 0 unspecified atom stereocenters. The Balaban J connectivity index is 1.29. The summed E-state index contributed by atoms with van der Waals surface area (Å²) in [5.74, 6) is 0.0543. The number of benzene rings is 2. The number of carbonyl (C=O) groups is 1. The van der Waals surface area contributed by atoms with E-state index in [1.54, 1.807) is 30.3 Å². The SMILES string of the molecule is CN1CCC(O)(c2ccc(Nc3ncc4c(n3)N3CCN=C3N(c3c(Cl)cccc3Cl)C4=O)cc2F)CC1. The number of anilines is 4. The van der Waals surface area contributed by atoms with Crippen LogP contribution in [-0.2, 0) is 5.60 Å². The number of piperidine rings is 1. The van der Waals surface area contributed by atoms with Crippen molar-refractivity contribution in [3.63, 3.8) is 0 Å². The zero-order valence-corrected chi connectivity index (χ0v) is 22.0. The summed E-state index contributed by atoms with van der Waals surface area (Å²) in [6.45, 7) is 2.35. The van der Waals surface area contributed by atoms with Crippen molar-refractivity contribution in [3.05, 3.63) is 69.6 Å². The van der Waals surface area contributed by atoms with Gasteiger partial charge in [0.05, 0.1) is 27.9 Å². The van der Waals surface area contributed by atoms with Gasteiger partial charge in [0, 0.05) is 37.1 Å². The number of aromatic nitrogens is 2. The Labute approximate surface area is 228 Å². The number of rotatable bonds is 4. The molecule has 4 heterocycles. The standard InChI is InChI=1S/C26H24Cl2FN7O2/c1-34-10-7-26(38,8-11-34)17-6-5-15(13-20(17)29)32-24-31-14-16-22(33-24)35-12-9-30-25(35)36(23(16)37)21-18(27)3-2-4-19(21)28/h2-6,13-14,38H,7-12H2,1H3,(H,31,32,33). The number of guanidine groups is 1. The lowest BCUT2D eigenvalue weighted by molar-refractivity contribution is -0.0229. The Morgan fingerprint density at radius 1 is 1.11 bits per heavy atom. The number of aliphatic hydroxyl groups is 1. The molecule has 0 saturated carbocycles. The number of likely N-dealkylation sites (tertiary alicyclic amines) is 1. The Kier molecular flexibility index (Phi) is 6.22. The summed E-state index contributed by atoms with van der Waals surface area (Å²) >= 11 is 12.8. The van der Waals surface area contributed by atoms with E-state index < -0.39 is 17.3 Å². The minimum Gasteiger partial charge on any atom is -0.385 e. The van der Waals surface area contributed by atoms with Crippen molar-refractivity contribution in [2.75, 3.05) is 48.3 Å². The number of halogens is 3. The van der Waals surface area contributed by atoms with Gasteiger partial charge in [0.1, 0.15) is 11.4 Å². The molecule has 196 valence electrons. The average Bonchev–Trinajstić information content (AvgIpc) is 3.37. The van der Waals surface area contributed by atoms with Gasteiger partial charge in [-0.3, -0.25) is 14.7 Å².